The van der Waals surface area contributed by atoms with Crippen LogP contribution in [-0.2, 0) is 0 Å². The van der Waals surface area contributed by atoms with Crippen molar-refractivity contribution in [3.05, 3.63) is 0 Å². The first-order valence-electron chi connectivity index (χ1n) is 5.67. The zero-order chi connectivity index (χ0) is 9.97. The monoisotopic (exact) mass is 193 g/mol. The largest absolute Gasteiger partial charge is 0.386 e. The number of rotatable bonds is 1. The molecule has 1 atom stereocenters. The summed E-state index contributed by atoms with van der Waals surface area (Å²) in [5.41, 5.74) is 6.96. The summed E-state index contributed by atoms with van der Waals surface area (Å²) in [5.74, 6) is 1.89. The molecule has 1 aliphatic heterocycles. The molecule has 3 heteroatoms. The van der Waals surface area contributed by atoms with Crippen LogP contribution < -0.4 is 5.73 Å². The summed E-state index contributed by atoms with van der Waals surface area (Å²) in [4.78, 5) is 0. The molecule has 2 rings (SSSR count). The molecule has 0 amide bonds. The number of hydrogen-bond acceptors (Lipinski definition) is 3. The van der Waals surface area contributed by atoms with Crippen LogP contribution in [-0.4, -0.2) is 11.5 Å². The van der Waals surface area contributed by atoms with Crippen LogP contribution in [0.2, 0.25) is 0 Å². The van der Waals surface area contributed by atoms with Gasteiger partial charge in [0.25, 0.3) is 0 Å². The smallest absolute Gasteiger partial charge is 0.123 e. The fourth-order valence-electron chi connectivity index (χ4n) is 2.56. The summed E-state index contributed by atoms with van der Waals surface area (Å²) >= 11 is 0. The highest BCUT2D eigenvalue weighted by Gasteiger charge is 2.26. The average molecular weight is 193 g/mol. The summed E-state index contributed by atoms with van der Waals surface area (Å²) < 4.78 is 0. The zero-order valence-electron chi connectivity index (χ0n) is 8.87. The van der Waals surface area contributed by atoms with E-state index in [9.17, 15) is 0 Å². The van der Waals surface area contributed by atoms with Gasteiger partial charge in [-0.25, -0.2) is 0 Å². The van der Waals surface area contributed by atoms with E-state index in [1.165, 1.54) is 37.8 Å². The number of nitrogens with zero attached hydrogens (tertiary/aromatic N) is 2. The van der Waals surface area contributed by atoms with Crippen molar-refractivity contribution in [3.63, 3.8) is 0 Å². The second-order valence-corrected chi connectivity index (χ2v) is 4.56. The van der Waals surface area contributed by atoms with Crippen molar-refractivity contribution in [2.24, 2.45) is 27.8 Å². The lowest BCUT2D eigenvalue weighted by molar-refractivity contribution is 0.426. The van der Waals surface area contributed by atoms with Crippen molar-refractivity contribution < 1.29 is 0 Å². The van der Waals surface area contributed by atoms with Crippen LogP contribution in [0.5, 0.6) is 0 Å². The third-order valence-corrected chi connectivity index (χ3v) is 3.34. The molecule has 0 bridgehead atoms. The predicted molar refractivity (Wildman–Crippen MR) is 59.4 cm³/mol. The Morgan fingerprint density at radius 1 is 1.14 bits per heavy atom. The standard InChI is InChI=1S/C11H19N3/c1-8-7-10(12)13-14-11(8)9-5-3-2-4-6-9/h8-9H,2-7H2,1H3,(H2,12,13). The normalized spacial score (nSPS) is 29.6. The Hall–Kier alpha value is -0.860. The molecule has 0 saturated heterocycles. The maximum Gasteiger partial charge on any atom is 0.123 e. The highest BCUT2D eigenvalue weighted by atomic mass is 15.2. The zero-order valence-corrected chi connectivity index (χ0v) is 8.87. The molecule has 78 valence electrons. The molecule has 3 nitrogen and oxygen atoms in total. The van der Waals surface area contributed by atoms with E-state index < -0.39 is 0 Å². The Labute approximate surface area is 85.5 Å². The SMILES string of the molecule is CC1CC(N)=NN=C1C1CCCCC1. The van der Waals surface area contributed by atoms with E-state index in [2.05, 4.69) is 17.1 Å². The van der Waals surface area contributed by atoms with E-state index in [0.717, 1.165) is 6.42 Å². The Kier molecular flexibility index (Phi) is 2.85. The molecule has 1 saturated carbocycles. The Bertz CT molecular complexity index is 262. The Morgan fingerprint density at radius 3 is 2.50 bits per heavy atom. The summed E-state index contributed by atoms with van der Waals surface area (Å²) in [6.45, 7) is 2.22. The van der Waals surface area contributed by atoms with E-state index >= 15 is 0 Å². The topological polar surface area (TPSA) is 50.7 Å². The molecular weight excluding hydrogens is 174 g/mol. The van der Waals surface area contributed by atoms with Crippen molar-refractivity contribution in [1.82, 2.24) is 0 Å². The first kappa shape index (κ1) is 9.69. The van der Waals surface area contributed by atoms with Crippen molar-refractivity contribution in [3.8, 4) is 0 Å². The summed E-state index contributed by atoms with van der Waals surface area (Å²) in [7, 11) is 0. The molecule has 1 fully saturated rings. The lowest BCUT2D eigenvalue weighted by Gasteiger charge is -2.27. The quantitative estimate of drug-likeness (QED) is 0.682. The Morgan fingerprint density at radius 2 is 1.86 bits per heavy atom. The lowest BCUT2D eigenvalue weighted by atomic mass is 9.80. The molecule has 2 N–H and O–H groups in total. The molecule has 1 unspecified atom stereocenters. The van der Waals surface area contributed by atoms with E-state index in [0.29, 0.717) is 17.7 Å². The van der Waals surface area contributed by atoms with E-state index in [4.69, 9.17) is 5.73 Å². The van der Waals surface area contributed by atoms with Crippen LogP contribution >= 0.6 is 0 Å². The number of hydrogen-bond donors (Lipinski definition) is 1. The van der Waals surface area contributed by atoms with Crippen molar-refractivity contribution in [1.29, 1.82) is 0 Å². The van der Waals surface area contributed by atoms with Gasteiger partial charge in [0.05, 0.1) is 0 Å². The first-order valence-corrected chi connectivity index (χ1v) is 5.67. The van der Waals surface area contributed by atoms with Gasteiger partial charge in [0.1, 0.15) is 5.84 Å². The maximum absolute atomic E-state index is 5.66. The van der Waals surface area contributed by atoms with Crippen molar-refractivity contribution in [2.45, 2.75) is 45.4 Å². The van der Waals surface area contributed by atoms with Gasteiger partial charge in [-0.2, -0.15) is 5.10 Å². The summed E-state index contributed by atoms with van der Waals surface area (Å²) in [6, 6.07) is 0. The van der Waals surface area contributed by atoms with Crippen LogP contribution in [0, 0.1) is 11.8 Å². The molecule has 0 aromatic rings. The van der Waals surface area contributed by atoms with Gasteiger partial charge in [-0.05, 0) is 18.8 Å². The van der Waals surface area contributed by atoms with E-state index in [-0.39, 0.29) is 0 Å². The minimum Gasteiger partial charge on any atom is -0.386 e. The number of nitrogens with two attached hydrogens (primary N) is 1. The molecule has 1 heterocycles. The molecular formula is C11H19N3. The molecule has 0 spiro atoms. The molecule has 0 radical (unpaired) electrons. The van der Waals surface area contributed by atoms with Gasteiger partial charge in [-0.1, -0.05) is 26.2 Å². The average Bonchev–Trinajstić information content (AvgIpc) is 2.19. The van der Waals surface area contributed by atoms with E-state index in [1.807, 2.05) is 0 Å². The van der Waals surface area contributed by atoms with E-state index in [1.54, 1.807) is 0 Å². The van der Waals surface area contributed by atoms with Crippen LogP contribution in [0.3, 0.4) is 0 Å². The van der Waals surface area contributed by atoms with Crippen LogP contribution in [0.1, 0.15) is 45.4 Å². The summed E-state index contributed by atoms with van der Waals surface area (Å²) in [5, 5.41) is 8.31. The predicted octanol–water partition coefficient (Wildman–Crippen LogP) is 2.32. The highest BCUT2D eigenvalue weighted by Crippen LogP contribution is 2.29. The fourth-order valence-corrected chi connectivity index (χ4v) is 2.56. The first-order chi connectivity index (χ1) is 6.77. The molecule has 2 aliphatic rings. The van der Waals surface area contributed by atoms with Gasteiger partial charge in [-0.15, -0.1) is 5.10 Å². The minimum atomic E-state index is 0.510. The third-order valence-electron chi connectivity index (χ3n) is 3.34. The van der Waals surface area contributed by atoms with Gasteiger partial charge in [-0.3, -0.25) is 0 Å². The highest BCUT2D eigenvalue weighted by molar-refractivity contribution is 5.96. The van der Waals surface area contributed by atoms with Gasteiger partial charge < -0.3 is 5.73 Å². The number of amidine groups is 1. The van der Waals surface area contributed by atoms with Gasteiger partial charge in [0.2, 0.25) is 0 Å². The van der Waals surface area contributed by atoms with Crippen LogP contribution in [0.15, 0.2) is 10.2 Å². The molecule has 14 heavy (non-hydrogen) atoms. The van der Waals surface area contributed by atoms with Crippen molar-refractivity contribution >= 4 is 11.5 Å². The van der Waals surface area contributed by atoms with Gasteiger partial charge >= 0.3 is 0 Å². The lowest BCUT2D eigenvalue weighted by Crippen LogP contribution is -2.30. The van der Waals surface area contributed by atoms with Gasteiger partial charge in [0.15, 0.2) is 0 Å². The van der Waals surface area contributed by atoms with Crippen LogP contribution in [0.25, 0.3) is 0 Å². The Balaban J connectivity index is 2.08. The summed E-state index contributed by atoms with van der Waals surface area (Å²) in [6.07, 6.45) is 7.61. The van der Waals surface area contributed by atoms with Crippen LogP contribution in [0.4, 0.5) is 0 Å². The molecule has 0 aromatic heterocycles. The molecule has 1 aliphatic carbocycles. The third kappa shape index (κ3) is 1.97. The second kappa shape index (κ2) is 4.11. The van der Waals surface area contributed by atoms with Gasteiger partial charge in [0, 0.05) is 18.1 Å². The minimum absolute atomic E-state index is 0.510. The fraction of sp³-hybridized carbons (Fsp3) is 0.818. The second-order valence-electron chi connectivity index (χ2n) is 4.56. The maximum atomic E-state index is 5.66. The molecule has 0 aromatic carbocycles. The van der Waals surface area contributed by atoms with Crippen molar-refractivity contribution in [2.75, 3.05) is 0 Å².